The monoisotopic (exact) mass is 382 g/mol. The minimum atomic E-state index is -1.10. The van der Waals surface area contributed by atoms with Crippen molar-refractivity contribution in [3.05, 3.63) is 46.5 Å². The standard InChI is InChI=1S/C18H14N4O6/c23-16-15-14-7-9(8-19(14)18(25)26)20(15)17(24)21(16)12-5-6-13(22(27)28)11-4-2-1-3-10(11)12/h1-6,9,14-15H,7-8H2,(H,25,26)/t9-,14-,15-/m0/s1. The number of carbonyl (C=O) groups is 3. The highest BCUT2D eigenvalue weighted by Crippen LogP contribution is 2.44. The van der Waals surface area contributed by atoms with E-state index in [-0.39, 0.29) is 24.0 Å². The Morgan fingerprint density at radius 2 is 1.86 bits per heavy atom. The van der Waals surface area contributed by atoms with E-state index >= 15 is 0 Å². The fraction of sp³-hybridized carbons (Fsp3) is 0.278. The predicted octanol–water partition coefficient (Wildman–Crippen LogP) is 2.02. The number of nitro groups is 1. The Kier molecular flexibility index (Phi) is 3.18. The van der Waals surface area contributed by atoms with E-state index < -0.39 is 35.0 Å². The van der Waals surface area contributed by atoms with Gasteiger partial charge in [-0.05, 0) is 18.6 Å². The van der Waals surface area contributed by atoms with Gasteiger partial charge in [0.25, 0.3) is 11.6 Å². The molecule has 1 N–H and O–H groups in total. The van der Waals surface area contributed by atoms with Crippen molar-refractivity contribution >= 4 is 40.2 Å². The topological polar surface area (TPSA) is 124 Å². The third-order valence-electron chi connectivity index (χ3n) is 5.83. The summed E-state index contributed by atoms with van der Waals surface area (Å²) < 4.78 is 0. The minimum absolute atomic E-state index is 0.115. The predicted molar refractivity (Wildman–Crippen MR) is 96.0 cm³/mol. The van der Waals surface area contributed by atoms with E-state index in [9.17, 15) is 29.6 Å². The highest BCUT2D eigenvalue weighted by Gasteiger charge is 2.63. The summed E-state index contributed by atoms with van der Waals surface area (Å²) in [6, 6.07) is 6.94. The van der Waals surface area contributed by atoms with E-state index in [0.717, 1.165) is 4.90 Å². The van der Waals surface area contributed by atoms with Crippen LogP contribution in [0.1, 0.15) is 6.42 Å². The van der Waals surface area contributed by atoms with Gasteiger partial charge in [0.1, 0.15) is 6.04 Å². The average molecular weight is 382 g/mol. The van der Waals surface area contributed by atoms with Crippen LogP contribution in [-0.2, 0) is 4.79 Å². The summed E-state index contributed by atoms with van der Waals surface area (Å²) >= 11 is 0. The lowest BCUT2D eigenvalue weighted by atomic mass is 10.0. The van der Waals surface area contributed by atoms with E-state index in [1.165, 1.54) is 21.9 Å². The van der Waals surface area contributed by atoms with E-state index in [4.69, 9.17) is 0 Å². The summed E-state index contributed by atoms with van der Waals surface area (Å²) in [5.74, 6) is -0.498. The van der Waals surface area contributed by atoms with Crippen LogP contribution in [0.15, 0.2) is 36.4 Å². The number of nitro benzene ring substituents is 1. The fourth-order valence-corrected chi connectivity index (χ4v) is 4.72. The Labute approximate surface area is 157 Å². The molecule has 10 nitrogen and oxygen atoms in total. The van der Waals surface area contributed by atoms with Gasteiger partial charge in [0.2, 0.25) is 0 Å². The quantitative estimate of drug-likeness (QED) is 0.481. The first-order valence-electron chi connectivity index (χ1n) is 8.72. The second kappa shape index (κ2) is 5.41. The van der Waals surface area contributed by atoms with Crippen LogP contribution >= 0.6 is 0 Å². The van der Waals surface area contributed by atoms with Gasteiger partial charge < -0.3 is 14.9 Å². The Hall–Kier alpha value is -3.69. The Balaban J connectivity index is 1.62. The molecule has 2 bridgehead atoms. The molecule has 3 saturated heterocycles. The zero-order valence-electron chi connectivity index (χ0n) is 14.4. The number of carbonyl (C=O) groups excluding carboxylic acids is 2. The summed E-state index contributed by atoms with van der Waals surface area (Å²) in [7, 11) is 0. The highest BCUT2D eigenvalue weighted by molar-refractivity contribution is 6.25. The summed E-state index contributed by atoms with van der Waals surface area (Å²) in [6.07, 6.45) is -0.657. The molecule has 5 rings (SSSR count). The summed E-state index contributed by atoms with van der Waals surface area (Å²) in [6.45, 7) is 0.185. The van der Waals surface area contributed by atoms with Crippen molar-refractivity contribution in [3.63, 3.8) is 0 Å². The molecule has 0 saturated carbocycles. The maximum atomic E-state index is 13.1. The Morgan fingerprint density at radius 1 is 1.14 bits per heavy atom. The first kappa shape index (κ1) is 16.5. The second-order valence-corrected chi connectivity index (χ2v) is 7.11. The number of anilines is 1. The van der Waals surface area contributed by atoms with Crippen molar-refractivity contribution in [2.45, 2.75) is 24.5 Å². The molecule has 3 aliphatic heterocycles. The van der Waals surface area contributed by atoms with Gasteiger partial charge in [-0.15, -0.1) is 0 Å². The molecule has 0 radical (unpaired) electrons. The van der Waals surface area contributed by atoms with Gasteiger partial charge in [0.15, 0.2) is 0 Å². The molecule has 28 heavy (non-hydrogen) atoms. The van der Waals surface area contributed by atoms with Crippen LogP contribution < -0.4 is 4.90 Å². The molecule has 0 aromatic heterocycles. The van der Waals surface area contributed by atoms with Gasteiger partial charge >= 0.3 is 12.1 Å². The van der Waals surface area contributed by atoms with E-state index in [1.54, 1.807) is 24.3 Å². The Morgan fingerprint density at radius 3 is 2.54 bits per heavy atom. The molecule has 0 spiro atoms. The molecule has 2 aromatic carbocycles. The smallest absolute Gasteiger partial charge is 0.407 e. The van der Waals surface area contributed by atoms with Gasteiger partial charge in [-0.25, -0.2) is 14.5 Å². The first-order chi connectivity index (χ1) is 13.4. The van der Waals surface area contributed by atoms with Gasteiger partial charge in [-0.3, -0.25) is 14.9 Å². The molecule has 0 unspecified atom stereocenters. The molecular formula is C18H14N4O6. The molecule has 3 aliphatic rings. The molecule has 10 heteroatoms. The molecule has 3 fully saturated rings. The van der Waals surface area contributed by atoms with Crippen molar-refractivity contribution in [2.24, 2.45) is 0 Å². The van der Waals surface area contributed by atoms with Gasteiger partial charge in [-0.1, -0.05) is 18.2 Å². The average Bonchev–Trinajstić information content (AvgIpc) is 3.33. The SMILES string of the molecule is O=C1[C@@H]2[C@@H]3C[C@@H](CN3C(=O)O)N2C(=O)N1c1ccc([N+](=O)[O-])c2ccccc12. The van der Waals surface area contributed by atoms with Crippen LogP contribution in [0.25, 0.3) is 10.8 Å². The largest absolute Gasteiger partial charge is 0.465 e. The van der Waals surface area contributed by atoms with Gasteiger partial charge in [0, 0.05) is 18.0 Å². The maximum absolute atomic E-state index is 13.1. The lowest BCUT2D eigenvalue weighted by Crippen LogP contribution is -2.54. The second-order valence-electron chi connectivity index (χ2n) is 7.11. The number of rotatable bonds is 2. The molecular weight excluding hydrogens is 368 g/mol. The van der Waals surface area contributed by atoms with Crippen LogP contribution in [0, 0.1) is 10.1 Å². The van der Waals surface area contributed by atoms with Crippen molar-refractivity contribution in [1.82, 2.24) is 9.80 Å². The molecule has 142 valence electrons. The summed E-state index contributed by atoms with van der Waals surface area (Å²) in [5, 5.41) is 21.4. The number of hydrogen-bond acceptors (Lipinski definition) is 5. The molecule has 0 aliphatic carbocycles. The minimum Gasteiger partial charge on any atom is -0.465 e. The number of benzene rings is 2. The number of hydrogen-bond donors (Lipinski definition) is 1. The number of nitrogens with zero attached hydrogens (tertiary/aromatic N) is 4. The van der Waals surface area contributed by atoms with E-state index in [0.29, 0.717) is 17.2 Å². The number of non-ortho nitro benzene ring substituents is 1. The van der Waals surface area contributed by atoms with E-state index in [1.807, 2.05) is 0 Å². The summed E-state index contributed by atoms with van der Waals surface area (Å²) in [4.78, 5) is 52.1. The third-order valence-corrected chi connectivity index (χ3v) is 5.83. The summed E-state index contributed by atoms with van der Waals surface area (Å²) in [5.41, 5.74) is 0.156. The first-order valence-corrected chi connectivity index (χ1v) is 8.72. The molecule has 4 amide bonds. The number of urea groups is 1. The van der Waals surface area contributed by atoms with Crippen LogP contribution in [0.4, 0.5) is 21.0 Å². The van der Waals surface area contributed by atoms with Crippen LogP contribution in [-0.4, -0.2) is 62.5 Å². The van der Waals surface area contributed by atoms with Gasteiger partial charge in [-0.2, -0.15) is 0 Å². The zero-order valence-corrected chi connectivity index (χ0v) is 14.4. The highest BCUT2D eigenvalue weighted by atomic mass is 16.6. The lowest BCUT2D eigenvalue weighted by Gasteiger charge is -2.32. The van der Waals surface area contributed by atoms with Crippen LogP contribution in [0.5, 0.6) is 0 Å². The van der Waals surface area contributed by atoms with Crippen molar-refractivity contribution in [2.75, 3.05) is 11.4 Å². The molecule has 3 atom stereocenters. The number of carboxylic acid groups (broad SMARTS) is 1. The normalized spacial score (nSPS) is 25.7. The number of likely N-dealkylation sites (tertiary alicyclic amines) is 1. The van der Waals surface area contributed by atoms with Gasteiger partial charge in [0.05, 0.1) is 28.1 Å². The number of imide groups is 1. The zero-order chi connectivity index (χ0) is 19.7. The number of fused-ring (bicyclic) bond motifs is 6. The van der Waals surface area contributed by atoms with E-state index in [2.05, 4.69) is 0 Å². The Bertz CT molecular complexity index is 1080. The van der Waals surface area contributed by atoms with Crippen molar-refractivity contribution < 1.29 is 24.4 Å². The van der Waals surface area contributed by atoms with Crippen LogP contribution in [0.2, 0.25) is 0 Å². The fourth-order valence-electron chi connectivity index (χ4n) is 4.72. The van der Waals surface area contributed by atoms with Crippen LogP contribution in [0.3, 0.4) is 0 Å². The van der Waals surface area contributed by atoms with Crippen molar-refractivity contribution in [1.29, 1.82) is 0 Å². The number of piperazine rings is 1. The molecule has 2 aromatic rings. The molecule has 3 heterocycles. The lowest BCUT2D eigenvalue weighted by molar-refractivity contribution is -0.383. The maximum Gasteiger partial charge on any atom is 0.407 e. The van der Waals surface area contributed by atoms with Crippen molar-refractivity contribution in [3.8, 4) is 0 Å². The number of amides is 4. The third kappa shape index (κ3) is 1.94.